The highest BCUT2D eigenvalue weighted by atomic mass is 16.2. The second-order valence-electron chi connectivity index (χ2n) is 7.78. The number of rotatable bonds is 2. The zero-order chi connectivity index (χ0) is 13.4. The average molecular weight is 251 g/mol. The Morgan fingerprint density at radius 2 is 1.44 bits per heavy atom. The van der Waals surface area contributed by atoms with Crippen LogP contribution in [0.15, 0.2) is 0 Å². The molecular weight excluding hydrogens is 222 g/mol. The van der Waals surface area contributed by atoms with Crippen LogP contribution in [0.25, 0.3) is 0 Å². The van der Waals surface area contributed by atoms with Gasteiger partial charge in [-0.25, -0.2) is 0 Å². The van der Waals surface area contributed by atoms with Crippen LogP contribution in [-0.4, -0.2) is 11.9 Å². The molecule has 0 unspecified atom stereocenters. The van der Waals surface area contributed by atoms with E-state index in [-0.39, 0.29) is 16.7 Å². The third kappa shape index (κ3) is 2.73. The van der Waals surface area contributed by atoms with Crippen molar-refractivity contribution in [2.24, 2.45) is 16.7 Å². The Morgan fingerprint density at radius 3 is 1.89 bits per heavy atom. The lowest BCUT2D eigenvalue weighted by Gasteiger charge is -2.58. The van der Waals surface area contributed by atoms with Crippen LogP contribution in [0.3, 0.4) is 0 Å². The first kappa shape index (κ1) is 13.9. The van der Waals surface area contributed by atoms with Gasteiger partial charge in [-0.3, -0.25) is 4.79 Å². The zero-order valence-electron chi connectivity index (χ0n) is 12.5. The van der Waals surface area contributed by atoms with Gasteiger partial charge >= 0.3 is 0 Å². The van der Waals surface area contributed by atoms with E-state index in [1.807, 2.05) is 0 Å². The number of carbonyl (C=O) groups is 1. The molecule has 0 aromatic heterocycles. The Hall–Kier alpha value is -0.530. The van der Waals surface area contributed by atoms with E-state index >= 15 is 0 Å². The van der Waals surface area contributed by atoms with Crippen LogP contribution in [0, 0.1) is 16.7 Å². The second-order valence-corrected chi connectivity index (χ2v) is 7.78. The lowest BCUT2D eigenvalue weighted by atomic mass is 9.52. The topological polar surface area (TPSA) is 29.1 Å². The van der Waals surface area contributed by atoms with Gasteiger partial charge in [-0.15, -0.1) is 0 Å². The van der Waals surface area contributed by atoms with Gasteiger partial charge in [0.25, 0.3) is 0 Å². The van der Waals surface area contributed by atoms with Crippen LogP contribution in [0.2, 0.25) is 0 Å². The molecule has 2 aliphatic carbocycles. The zero-order valence-corrected chi connectivity index (χ0v) is 12.5. The number of hydrogen-bond acceptors (Lipinski definition) is 1. The van der Waals surface area contributed by atoms with Gasteiger partial charge in [-0.05, 0) is 30.1 Å². The van der Waals surface area contributed by atoms with Crippen molar-refractivity contribution in [3.8, 4) is 0 Å². The predicted molar refractivity (Wildman–Crippen MR) is 75.3 cm³/mol. The summed E-state index contributed by atoms with van der Waals surface area (Å²) in [6.45, 7) is 9.10. The van der Waals surface area contributed by atoms with Crippen LogP contribution in [-0.2, 0) is 4.79 Å². The SMILES string of the molecule is CC1(C)CC(C)(C)C1NC(=O)C1CCCCCC1. The lowest BCUT2D eigenvalue weighted by Crippen LogP contribution is -2.64. The molecule has 2 heteroatoms. The van der Waals surface area contributed by atoms with Crippen molar-refractivity contribution in [2.75, 3.05) is 0 Å². The molecule has 1 N–H and O–H groups in total. The standard InChI is InChI=1S/C16H29NO/c1-15(2)11-16(3,4)14(15)17-13(18)12-9-7-5-6-8-10-12/h12,14H,5-11H2,1-4H3,(H,17,18). The molecule has 104 valence electrons. The average Bonchev–Trinajstić information content (AvgIpc) is 2.52. The van der Waals surface area contributed by atoms with Crippen molar-refractivity contribution in [1.29, 1.82) is 0 Å². The third-order valence-corrected chi connectivity index (χ3v) is 4.99. The monoisotopic (exact) mass is 251 g/mol. The predicted octanol–water partition coefficient (Wildman–Crippen LogP) is 3.90. The molecule has 0 radical (unpaired) electrons. The normalized spacial score (nSPS) is 28.2. The summed E-state index contributed by atoms with van der Waals surface area (Å²) < 4.78 is 0. The summed E-state index contributed by atoms with van der Waals surface area (Å²) in [7, 11) is 0. The van der Waals surface area contributed by atoms with E-state index in [2.05, 4.69) is 33.0 Å². The Bertz CT molecular complexity index is 297. The Labute approximate surface area is 112 Å². The van der Waals surface area contributed by atoms with Crippen LogP contribution in [0.5, 0.6) is 0 Å². The van der Waals surface area contributed by atoms with Crippen molar-refractivity contribution in [3.05, 3.63) is 0 Å². The summed E-state index contributed by atoms with van der Waals surface area (Å²) in [6.07, 6.45) is 8.48. The summed E-state index contributed by atoms with van der Waals surface area (Å²) in [6, 6.07) is 0.348. The minimum absolute atomic E-state index is 0.268. The van der Waals surface area contributed by atoms with Crippen LogP contribution in [0.4, 0.5) is 0 Å². The van der Waals surface area contributed by atoms with Gasteiger partial charge in [0, 0.05) is 12.0 Å². The van der Waals surface area contributed by atoms with Crippen LogP contribution < -0.4 is 5.32 Å². The first-order valence-electron chi connectivity index (χ1n) is 7.63. The molecule has 2 rings (SSSR count). The van der Waals surface area contributed by atoms with Gasteiger partial charge in [0.15, 0.2) is 0 Å². The summed E-state index contributed by atoms with van der Waals surface area (Å²) in [5.74, 6) is 0.599. The molecule has 18 heavy (non-hydrogen) atoms. The molecule has 2 nitrogen and oxygen atoms in total. The number of carbonyl (C=O) groups excluding carboxylic acids is 1. The molecule has 2 saturated carbocycles. The molecule has 0 saturated heterocycles. The maximum absolute atomic E-state index is 12.4. The van der Waals surface area contributed by atoms with Gasteiger partial charge < -0.3 is 5.32 Å². The highest BCUT2D eigenvalue weighted by Gasteiger charge is 2.53. The minimum Gasteiger partial charge on any atom is -0.352 e. The van der Waals surface area contributed by atoms with Crippen molar-refractivity contribution in [1.82, 2.24) is 5.32 Å². The van der Waals surface area contributed by atoms with E-state index in [9.17, 15) is 4.79 Å². The number of nitrogens with one attached hydrogen (secondary N) is 1. The summed E-state index contributed by atoms with van der Waals surface area (Å²) in [4.78, 5) is 12.4. The smallest absolute Gasteiger partial charge is 0.223 e. The highest BCUT2D eigenvalue weighted by molar-refractivity contribution is 5.79. The molecule has 0 aromatic rings. The first-order valence-corrected chi connectivity index (χ1v) is 7.63. The molecule has 2 fully saturated rings. The van der Waals surface area contributed by atoms with Gasteiger partial charge in [-0.1, -0.05) is 53.4 Å². The largest absolute Gasteiger partial charge is 0.352 e. The van der Waals surface area contributed by atoms with E-state index < -0.39 is 0 Å². The van der Waals surface area contributed by atoms with Gasteiger partial charge in [-0.2, -0.15) is 0 Å². The summed E-state index contributed by atoms with van der Waals surface area (Å²) in [5, 5.41) is 3.36. The Balaban J connectivity index is 1.94. The fourth-order valence-corrected chi connectivity index (χ4v) is 4.50. The maximum atomic E-state index is 12.4. The Morgan fingerprint density at radius 1 is 0.944 bits per heavy atom. The molecule has 0 aromatic carbocycles. The molecule has 0 heterocycles. The molecule has 2 aliphatic rings. The Kier molecular flexibility index (Phi) is 3.75. The van der Waals surface area contributed by atoms with Crippen molar-refractivity contribution in [2.45, 2.75) is 78.7 Å². The minimum atomic E-state index is 0.268. The summed E-state index contributed by atoms with van der Waals surface area (Å²) in [5.41, 5.74) is 0.535. The van der Waals surface area contributed by atoms with Crippen molar-refractivity contribution < 1.29 is 4.79 Å². The quantitative estimate of drug-likeness (QED) is 0.741. The third-order valence-electron chi connectivity index (χ3n) is 4.99. The fraction of sp³-hybridized carbons (Fsp3) is 0.938. The van der Waals surface area contributed by atoms with Gasteiger partial charge in [0.1, 0.15) is 0 Å². The molecule has 0 aliphatic heterocycles. The summed E-state index contributed by atoms with van der Waals surface area (Å²) >= 11 is 0. The van der Waals surface area contributed by atoms with E-state index in [0.29, 0.717) is 11.9 Å². The van der Waals surface area contributed by atoms with Crippen LogP contribution >= 0.6 is 0 Å². The maximum Gasteiger partial charge on any atom is 0.223 e. The lowest BCUT2D eigenvalue weighted by molar-refractivity contribution is -0.133. The molecule has 0 bridgehead atoms. The van der Waals surface area contributed by atoms with Crippen LogP contribution in [0.1, 0.15) is 72.6 Å². The first-order chi connectivity index (χ1) is 8.33. The number of hydrogen-bond donors (Lipinski definition) is 1. The molecule has 0 atom stereocenters. The fourth-order valence-electron chi connectivity index (χ4n) is 4.50. The van der Waals surface area contributed by atoms with E-state index in [1.165, 1.54) is 32.1 Å². The molecule has 1 amide bonds. The molecular formula is C16H29NO. The van der Waals surface area contributed by atoms with Gasteiger partial charge in [0.2, 0.25) is 5.91 Å². The van der Waals surface area contributed by atoms with E-state index in [0.717, 1.165) is 12.8 Å². The van der Waals surface area contributed by atoms with Crippen molar-refractivity contribution in [3.63, 3.8) is 0 Å². The number of amides is 1. The van der Waals surface area contributed by atoms with Gasteiger partial charge in [0.05, 0.1) is 0 Å². The molecule has 0 spiro atoms. The second kappa shape index (κ2) is 4.86. The van der Waals surface area contributed by atoms with Crippen molar-refractivity contribution >= 4 is 5.91 Å². The van der Waals surface area contributed by atoms with E-state index in [4.69, 9.17) is 0 Å². The highest BCUT2D eigenvalue weighted by Crippen LogP contribution is 2.53. The van der Waals surface area contributed by atoms with E-state index in [1.54, 1.807) is 0 Å².